The van der Waals surface area contributed by atoms with E-state index in [-0.39, 0.29) is 10.8 Å². The first kappa shape index (κ1) is 22.7. The number of benzene rings is 1. The number of amides is 1. The van der Waals surface area contributed by atoms with Gasteiger partial charge in [-0.15, -0.1) is 0 Å². The summed E-state index contributed by atoms with van der Waals surface area (Å²) in [5.74, 6) is -0.129. The molecule has 1 N–H and O–H groups in total. The zero-order valence-corrected chi connectivity index (χ0v) is 19.1. The molecule has 0 unspecified atom stereocenters. The Hall–Kier alpha value is -1.94. The molecule has 1 aliphatic rings. The quantitative estimate of drug-likeness (QED) is 0.633. The second kappa shape index (κ2) is 10.4. The van der Waals surface area contributed by atoms with Crippen LogP contribution in [0, 0.1) is 0 Å². The van der Waals surface area contributed by atoms with E-state index in [2.05, 4.69) is 10.2 Å². The summed E-state index contributed by atoms with van der Waals surface area (Å²) in [5.41, 5.74) is 2.48. The lowest BCUT2D eigenvalue weighted by Crippen LogP contribution is -2.40. The van der Waals surface area contributed by atoms with Crippen LogP contribution in [0.2, 0.25) is 0 Å². The van der Waals surface area contributed by atoms with Crippen LogP contribution >= 0.6 is 11.3 Å². The fraction of sp³-hybridized carbons (Fsp3) is 0.476. The molecule has 0 bridgehead atoms. The Balaban J connectivity index is 1.85. The SMILES string of the molecule is CCN(CC)c1ccc(S(=O)(=O)N2CCOCC2)cc1NC(=O)CCc1ccsc1. The molecule has 1 aromatic heterocycles. The smallest absolute Gasteiger partial charge is 0.243 e. The van der Waals surface area contributed by atoms with Crippen LogP contribution in [0.25, 0.3) is 0 Å². The molecule has 2 heterocycles. The highest BCUT2D eigenvalue weighted by molar-refractivity contribution is 7.89. The minimum atomic E-state index is -3.64. The van der Waals surface area contributed by atoms with Gasteiger partial charge < -0.3 is 15.0 Å². The predicted octanol–water partition coefficient (Wildman–Crippen LogP) is 3.19. The van der Waals surface area contributed by atoms with Crippen LogP contribution < -0.4 is 10.2 Å². The minimum absolute atomic E-state index is 0.129. The molecule has 30 heavy (non-hydrogen) atoms. The second-order valence-electron chi connectivity index (χ2n) is 7.05. The van der Waals surface area contributed by atoms with Crippen LogP contribution in [0.1, 0.15) is 25.8 Å². The number of nitrogens with one attached hydrogen (secondary N) is 1. The average molecular weight is 452 g/mol. The Labute approximate surface area is 182 Å². The average Bonchev–Trinajstić information content (AvgIpc) is 3.28. The molecule has 2 aromatic rings. The maximum absolute atomic E-state index is 13.1. The molecular weight excluding hydrogens is 422 g/mol. The van der Waals surface area contributed by atoms with Gasteiger partial charge in [0.25, 0.3) is 0 Å². The molecule has 1 aliphatic heterocycles. The van der Waals surface area contributed by atoms with Gasteiger partial charge in [-0.3, -0.25) is 4.79 Å². The van der Waals surface area contributed by atoms with Gasteiger partial charge in [0.05, 0.1) is 29.5 Å². The summed E-state index contributed by atoms with van der Waals surface area (Å²) in [4.78, 5) is 14.9. The lowest BCUT2D eigenvalue weighted by Gasteiger charge is -2.28. The summed E-state index contributed by atoms with van der Waals surface area (Å²) in [6.07, 6.45) is 0.997. The number of nitrogens with zero attached hydrogens (tertiary/aromatic N) is 2. The maximum atomic E-state index is 13.1. The number of aryl methyl sites for hydroxylation is 1. The molecule has 1 amide bonds. The van der Waals surface area contributed by atoms with Gasteiger partial charge in [0.1, 0.15) is 0 Å². The van der Waals surface area contributed by atoms with Crippen molar-refractivity contribution in [3.8, 4) is 0 Å². The van der Waals surface area contributed by atoms with Crippen LogP contribution in [-0.4, -0.2) is 58.0 Å². The first-order valence-electron chi connectivity index (χ1n) is 10.2. The molecule has 3 rings (SSSR count). The van der Waals surface area contributed by atoms with Crippen molar-refractivity contribution >= 4 is 38.6 Å². The second-order valence-corrected chi connectivity index (χ2v) is 9.77. The Morgan fingerprint density at radius 1 is 1.20 bits per heavy atom. The van der Waals surface area contributed by atoms with Gasteiger partial charge in [-0.2, -0.15) is 15.6 Å². The number of carbonyl (C=O) groups excluding carboxylic acids is 1. The summed E-state index contributed by atoms with van der Waals surface area (Å²) in [5, 5.41) is 6.98. The van der Waals surface area contributed by atoms with Gasteiger partial charge >= 0.3 is 0 Å². The minimum Gasteiger partial charge on any atom is -0.379 e. The van der Waals surface area contributed by atoms with Crippen molar-refractivity contribution in [1.29, 1.82) is 0 Å². The Bertz CT molecular complexity index is 935. The molecule has 1 fully saturated rings. The summed E-state index contributed by atoms with van der Waals surface area (Å²) in [7, 11) is -3.64. The molecule has 164 valence electrons. The summed E-state index contributed by atoms with van der Waals surface area (Å²) >= 11 is 1.61. The van der Waals surface area contributed by atoms with Crippen molar-refractivity contribution in [2.45, 2.75) is 31.6 Å². The van der Waals surface area contributed by atoms with Gasteiger partial charge in [-0.1, -0.05) is 0 Å². The number of thiophene rings is 1. The fourth-order valence-electron chi connectivity index (χ4n) is 3.46. The van der Waals surface area contributed by atoms with Crippen LogP contribution in [0.3, 0.4) is 0 Å². The Kier molecular flexibility index (Phi) is 7.87. The molecular formula is C21H29N3O4S2. The van der Waals surface area contributed by atoms with Crippen LogP contribution in [0.4, 0.5) is 11.4 Å². The topological polar surface area (TPSA) is 79.0 Å². The van der Waals surface area contributed by atoms with Gasteiger partial charge in [0.2, 0.25) is 15.9 Å². The van der Waals surface area contributed by atoms with Crippen molar-refractivity contribution in [2.24, 2.45) is 0 Å². The lowest BCUT2D eigenvalue weighted by molar-refractivity contribution is -0.116. The molecule has 9 heteroatoms. The van der Waals surface area contributed by atoms with Crippen molar-refractivity contribution in [3.63, 3.8) is 0 Å². The van der Waals surface area contributed by atoms with E-state index in [9.17, 15) is 13.2 Å². The van der Waals surface area contributed by atoms with Crippen molar-refractivity contribution in [3.05, 3.63) is 40.6 Å². The van der Waals surface area contributed by atoms with Gasteiger partial charge in [-0.05, 0) is 60.9 Å². The van der Waals surface area contributed by atoms with Crippen LogP contribution in [0.15, 0.2) is 39.9 Å². The highest BCUT2D eigenvalue weighted by Gasteiger charge is 2.27. The molecule has 1 saturated heterocycles. The Morgan fingerprint density at radius 2 is 1.93 bits per heavy atom. The summed E-state index contributed by atoms with van der Waals surface area (Å²) in [6, 6.07) is 7.00. The zero-order valence-electron chi connectivity index (χ0n) is 17.5. The van der Waals surface area contributed by atoms with E-state index in [0.29, 0.717) is 44.8 Å². The molecule has 0 aliphatic carbocycles. The number of hydrogen-bond acceptors (Lipinski definition) is 6. The van der Waals surface area contributed by atoms with Crippen molar-refractivity contribution in [2.75, 3.05) is 49.6 Å². The fourth-order valence-corrected chi connectivity index (χ4v) is 5.60. The van der Waals surface area contributed by atoms with E-state index >= 15 is 0 Å². The number of morpholine rings is 1. The predicted molar refractivity (Wildman–Crippen MR) is 121 cm³/mol. The highest BCUT2D eigenvalue weighted by Crippen LogP contribution is 2.30. The number of ether oxygens (including phenoxy) is 1. The standard InChI is InChI=1S/C21H29N3O4S2/c1-3-23(4-2)20-7-6-18(30(26,27)24-10-12-28-13-11-24)15-19(20)22-21(25)8-5-17-9-14-29-16-17/h6-7,9,14-16H,3-5,8,10-13H2,1-2H3,(H,22,25). The Morgan fingerprint density at radius 3 is 2.57 bits per heavy atom. The largest absolute Gasteiger partial charge is 0.379 e. The molecule has 0 saturated carbocycles. The summed E-state index contributed by atoms with van der Waals surface area (Å²) in [6.45, 7) is 7.03. The zero-order chi connectivity index (χ0) is 21.6. The van der Waals surface area contributed by atoms with E-state index < -0.39 is 10.0 Å². The number of anilines is 2. The van der Waals surface area contributed by atoms with E-state index in [1.54, 1.807) is 29.5 Å². The first-order chi connectivity index (χ1) is 14.5. The third kappa shape index (κ3) is 5.40. The highest BCUT2D eigenvalue weighted by atomic mass is 32.2. The molecule has 0 atom stereocenters. The van der Waals surface area contributed by atoms with E-state index in [4.69, 9.17) is 4.74 Å². The number of sulfonamides is 1. The van der Waals surface area contributed by atoms with Gasteiger partial charge in [0.15, 0.2) is 0 Å². The van der Waals surface area contributed by atoms with Gasteiger partial charge in [0, 0.05) is 32.6 Å². The third-order valence-electron chi connectivity index (χ3n) is 5.17. The first-order valence-corrected chi connectivity index (χ1v) is 12.6. The van der Waals surface area contributed by atoms with Crippen LogP contribution in [0.5, 0.6) is 0 Å². The monoisotopic (exact) mass is 451 g/mol. The van der Waals surface area contributed by atoms with Gasteiger partial charge in [-0.25, -0.2) is 8.42 Å². The third-order valence-corrected chi connectivity index (χ3v) is 7.80. The molecule has 0 spiro atoms. The van der Waals surface area contributed by atoms with Crippen molar-refractivity contribution in [1.82, 2.24) is 4.31 Å². The van der Waals surface area contributed by atoms with E-state index in [1.165, 1.54) is 4.31 Å². The number of rotatable bonds is 9. The van der Waals surface area contributed by atoms with Crippen LogP contribution in [-0.2, 0) is 26.0 Å². The summed E-state index contributed by atoms with van der Waals surface area (Å²) < 4.78 is 32.9. The molecule has 7 nitrogen and oxygen atoms in total. The molecule has 1 aromatic carbocycles. The normalized spacial score (nSPS) is 15.1. The number of hydrogen-bond donors (Lipinski definition) is 1. The lowest BCUT2D eigenvalue weighted by atomic mass is 10.1. The van der Waals surface area contributed by atoms with E-state index in [0.717, 1.165) is 24.3 Å². The van der Waals surface area contributed by atoms with E-state index in [1.807, 2.05) is 30.7 Å². The molecule has 0 radical (unpaired) electrons. The number of carbonyl (C=O) groups is 1. The van der Waals surface area contributed by atoms with Crippen molar-refractivity contribution < 1.29 is 17.9 Å². The maximum Gasteiger partial charge on any atom is 0.243 e.